The lowest BCUT2D eigenvalue weighted by molar-refractivity contribution is 0.206. The molecule has 2 amide bonds. The summed E-state index contributed by atoms with van der Waals surface area (Å²) in [6.07, 6.45) is 0. The maximum atomic E-state index is 13.8. The van der Waals surface area contributed by atoms with Crippen molar-refractivity contribution in [3.63, 3.8) is 0 Å². The molecular formula is C18H21FN2O2. The van der Waals surface area contributed by atoms with E-state index in [1.807, 2.05) is 30.3 Å². The van der Waals surface area contributed by atoms with Gasteiger partial charge in [-0.05, 0) is 30.2 Å². The van der Waals surface area contributed by atoms with Crippen molar-refractivity contribution in [2.24, 2.45) is 0 Å². The molecule has 0 aliphatic rings. The van der Waals surface area contributed by atoms with Crippen LogP contribution in [-0.4, -0.2) is 24.6 Å². The maximum absolute atomic E-state index is 13.8. The van der Waals surface area contributed by atoms with Gasteiger partial charge in [-0.2, -0.15) is 0 Å². The average Bonchev–Trinajstić information content (AvgIpc) is 2.56. The highest BCUT2D eigenvalue weighted by Gasteiger charge is 2.10. The monoisotopic (exact) mass is 316 g/mol. The third-order valence-corrected chi connectivity index (χ3v) is 3.35. The van der Waals surface area contributed by atoms with Gasteiger partial charge in [-0.3, -0.25) is 0 Å². The van der Waals surface area contributed by atoms with Gasteiger partial charge < -0.3 is 15.0 Å². The first-order chi connectivity index (χ1) is 11.1. The van der Waals surface area contributed by atoms with Crippen LogP contribution in [0.25, 0.3) is 0 Å². The standard InChI is InChI=1S/C18H21FN2O2/c1-3-23-17-10-9-15(11-16(17)19)12-20-18(22)21(2)13-14-7-5-4-6-8-14/h4-11H,3,12-13H2,1-2H3,(H,20,22). The van der Waals surface area contributed by atoms with Crippen LogP contribution in [0.5, 0.6) is 5.75 Å². The van der Waals surface area contributed by atoms with Gasteiger partial charge in [0.15, 0.2) is 11.6 Å². The van der Waals surface area contributed by atoms with E-state index in [1.165, 1.54) is 6.07 Å². The van der Waals surface area contributed by atoms with Gasteiger partial charge in [0.25, 0.3) is 0 Å². The summed E-state index contributed by atoms with van der Waals surface area (Å²) in [6, 6.07) is 14.2. The van der Waals surface area contributed by atoms with Crippen LogP contribution in [0.15, 0.2) is 48.5 Å². The Morgan fingerprint density at radius 3 is 2.57 bits per heavy atom. The molecule has 2 aromatic rings. The van der Waals surface area contributed by atoms with Crippen LogP contribution >= 0.6 is 0 Å². The van der Waals surface area contributed by atoms with E-state index >= 15 is 0 Å². The van der Waals surface area contributed by atoms with Crippen LogP contribution in [0, 0.1) is 5.82 Å². The fraction of sp³-hybridized carbons (Fsp3) is 0.278. The highest BCUT2D eigenvalue weighted by atomic mass is 19.1. The SMILES string of the molecule is CCOc1ccc(CNC(=O)N(C)Cc2ccccc2)cc1F. The molecule has 122 valence electrons. The zero-order chi connectivity index (χ0) is 16.7. The molecule has 2 aromatic carbocycles. The second-order valence-electron chi connectivity index (χ2n) is 5.20. The molecule has 4 nitrogen and oxygen atoms in total. The zero-order valence-electron chi connectivity index (χ0n) is 13.4. The molecule has 0 saturated heterocycles. The van der Waals surface area contributed by atoms with Gasteiger partial charge in [-0.15, -0.1) is 0 Å². The second kappa shape index (κ2) is 8.17. The van der Waals surface area contributed by atoms with Gasteiger partial charge in [0, 0.05) is 20.1 Å². The van der Waals surface area contributed by atoms with E-state index in [0.29, 0.717) is 18.7 Å². The summed E-state index contributed by atoms with van der Waals surface area (Å²) in [4.78, 5) is 13.7. The van der Waals surface area contributed by atoms with Crippen LogP contribution < -0.4 is 10.1 Å². The van der Waals surface area contributed by atoms with Crippen molar-refractivity contribution in [1.82, 2.24) is 10.2 Å². The van der Waals surface area contributed by atoms with Gasteiger partial charge in [0.05, 0.1) is 6.61 Å². The molecule has 23 heavy (non-hydrogen) atoms. The van der Waals surface area contributed by atoms with Gasteiger partial charge in [-0.1, -0.05) is 36.4 Å². The molecule has 0 fully saturated rings. The maximum Gasteiger partial charge on any atom is 0.317 e. The predicted molar refractivity (Wildman–Crippen MR) is 87.7 cm³/mol. The first-order valence-electron chi connectivity index (χ1n) is 7.54. The molecular weight excluding hydrogens is 295 g/mol. The number of rotatable bonds is 6. The molecule has 0 heterocycles. The van der Waals surface area contributed by atoms with Crippen molar-refractivity contribution in [2.45, 2.75) is 20.0 Å². The van der Waals surface area contributed by atoms with E-state index in [9.17, 15) is 9.18 Å². The zero-order valence-corrected chi connectivity index (χ0v) is 13.4. The van der Waals surface area contributed by atoms with Gasteiger partial charge in [0.1, 0.15) is 0 Å². The summed E-state index contributed by atoms with van der Waals surface area (Å²) in [5.74, 6) is -0.194. The minimum atomic E-state index is -0.420. The number of benzene rings is 2. The van der Waals surface area contributed by atoms with Crippen molar-refractivity contribution >= 4 is 6.03 Å². The number of carbonyl (C=O) groups excluding carboxylic acids is 1. The van der Waals surface area contributed by atoms with Crippen molar-refractivity contribution in [1.29, 1.82) is 0 Å². The van der Waals surface area contributed by atoms with Gasteiger partial charge in [0.2, 0.25) is 0 Å². The minimum Gasteiger partial charge on any atom is -0.491 e. The number of carbonyl (C=O) groups is 1. The number of ether oxygens (including phenoxy) is 1. The van der Waals surface area contributed by atoms with Gasteiger partial charge in [-0.25, -0.2) is 9.18 Å². The largest absolute Gasteiger partial charge is 0.491 e. The average molecular weight is 316 g/mol. The summed E-state index contributed by atoms with van der Waals surface area (Å²) in [5.41, 5.74) is 1.74. The first-order valence-corrected chi connectivity index (χ1v) is 7.54. The highest BCUT2D eigenvalue weighted by molar-refractivity contribution is 5.73. The molecule has 5 heteroatoms. The Morgan fingerprint density at radius 1 is 1.17 bits per heavy atom. The molecule has 0 unspecified atom stereocenters. The number of hydrogen-bond donors (Lipinski definition) is 1. The quantitative estimate of drug-likeness (QED) is 0.885. The lowest BCUT2D eigenvalue weighted by Gasteiger charge is -2.18. The van der Waals surface area contributed by atoms with Crippen LogP contribution in [0.3, 0.4) is 0 Å². The summed E-state index contributed by atoms with van der Waals surface area (Å²) in [5, 5.41) is 2.78. The Balaban J connectivity index is 1.87. The molecule has 1 N–H and O–H groups in total. The van der Waals surface area contributed by atoms with Crippen molar-refractivity contribution in [3.05, 3.63) is 65.5 Å². The summed E-state index contributed by atoms with van der Waals surface area (Å²) in [7, 11) is 1.72. The van der Waals surface area contributed by atoms with E-state index in [1.54, 1.807) is 31.0 Å². The van der Waals surface area contributed by atoms with Gasteiger partial charge >= 0.3 is 6.03 Å². The number of nitrogens with zero attached hydrogens (tertiary/aromatic N) is 1. The van der Waals surface area contributed by atoms with Crippen molar-refractivity contribution < 1.29 is 13.9 Å². The van der Waals surface area contributed by atoms with Crippen LogP contribution in [0.1, 0.15) is 18.1 Å². The summed E-state index contributed by atoms with van der Waals surface area (Å²) >= 11 is 0. The fourth-order valence-electron chi connectivity index (χ4n) is 2.17. The number of hydrogen-bond acceptors (Lipinski definition) is 2. The number of halogens is 1. The van der Waals surface area contributed by atoms with E-state index in [2.05, 4.69) is 5.32 Å². The summed E-state index contributed by atoms with van der Waals surface area (Å²) in [6.45, 7) is 3.00. The lowest BCUT2D eigenvalue weighted by atomic mass is 10.2. The molecule has 0 aliphatic heterocycles. The van der Waals surface area contributed by atoms with Crippen molar-refractivity contribution in [2.75, 3.05) is 13.7 Å². The molecule has 0 aromatic heterocycles. The van der Waals surface area contributed by atoms with Crippen LogP contribution in [-0.2, 0) is 13.1 Å². The fourth-order valence-corrected chi connectivity index (χ4v) is 2.17. The molecule has 0 spiro atoms. The topological polar surface area (TPSA) is 41.6 Å². The number of nitrogens with one attached hydrogen (secondary N) is 1. The van der Waals surface area contributed by atoms with E-state index in [0.717, 1.165) is 5.56 Å². The van der Waals surface area contributed by atoms with E-state index in [-0.39, 0.29) is 18.3 Å². The smallest absolute Gasteiger partial charge is 0.317 e. The van der Waals surface area contributed by atoms with E-state index < -0.39 is 5.82 Å². The third kappa shape index (κ3) is 4.98. The normalized spacial score (nSPS) is 10.2. The Bertz CT molecular complexity index is 647. The van der Waals surface area contributed by atoms with Crippen LogP contribution in [0.2, 0.25) is 0 Å². The molecule has 0 bridgehead atoms. The molecule has 0 aliphatic carbocycles. The predicted octanol–water partition coefficient (Wildman–Crippen LogP) is 3.57. The Hall–Kier alpha value is -2.56. The Labute approximate surface area is 135 Å². The second-order valence-corrected chi connectivity index (χ2v) is 5.20. The van der Waals surface area contributed by atoms with Crippen molar-refractivity contribution in [3.8, 4) is 5.75 Å². The molecule has 0 atom stereocenters. The van der Waals surface area contributed by atoms with Crippen LogP contribution in [0.4, 0.5) is 9.18 Å². The number of amides is 2. The third-order valence-electron chi connectivity index (χ3n) is 3.35. The summed E-state index contributed by atoms with van der Waals surface area (Å²) < 4.78 is 18.9. The number of urea groups is 1. The first kappa shape index (κ1) is 16.8. The molecule has 0 radical (unpaired) electrons. The molecule has 2 rings (SSSR count). The van der Waals surface area contributed by atoms with E-state index in [4.69, 9.17) is 4.74 Å². The highest BCUT2D eigenvalue weighted by Crippen LogP contribution is 2.18. The minimum absolute atomic E-state index is 0.205. The Morgan fingerprint density at radius 2 is 1.91 bits per heavy atom. The lowest BCUT2D eigenvalue weighted by Crippen LogP contribution is -2.36. The molecule has 0 saturated carbocycles. The Kier molecular flexibility index (Phi) is 5.97.